The van der Waals surface area contributed by atoms with Gasteiger partial charge in [0.25, 0.3) is 0 Å². The highest BCUT2D eigenvalue weighted by Gasteiger charge is 2.25. The molecule has 0 N–H and O–H groups in total. The maximum atomic E-state index is 12.6. The molecule has 5 nitrogen and oxygen atoms in total. The van der Waals surface area contributed by atoms with Crippen LogP contribution in [0.5, 0.6) is 5.75 Å². The van der Waals surface area contributed by atoms with Gasteiger partial charge in [-0.1, -0.05) is 23.7 Å². The monoisotopic (exact) mass is 357 g/mol. The number of carbonyl (C=O) groups is 2. The summed E-state index contributed by atoms with van der Waals surface area (Å²) in [5, 5.41) is 0.391. The number of hydrogen-bond donors (Lipinski definition) is 0. The minimum Gasteiger partial charge on any atom is -0.495 e. The minimum atomic E-state index is -0.485. The summed E-state index contributed by atoms with van der Waals surface area (Å²) in [7, 11) is 1.52. The van der Waals surface area contributed by atoms with E-state index in [9.17, 15) is 9.59 Å². The highest BCUT2D eigenvalue weighted by Crippen LogP contribution is 2.36. The van der Waals surface area contributed by atoms with Gasteiger partial charge in [-0.3, -0.25) is 4.79 Å². The second-order valence-corrected chi connectivity index (χ2v) is 5.69. The lowest BCUT2D eigenvalue weighted by molar-refractivity contribution is 0.0529. The molecule has 3 rings (SSSR count). The molecular formula is C19H16ClNO4. The number of nitrogens with zero attached hydrogens (tertiary/aromatic N) is 1. The number of hydrogen-bond acceptors (Lipinski definition) is 4. The average molecular weight is 358 g/mol. The Hall–Kier alpha value is -2.79. The van der Waals surface area contributed by atoms with Crippen LogP contribution < -0.4 is 4.74 Å². The van der Waals surface area contributed by atoms with Gasteiger partial charge in [-0.05, 0) is 36.8 Å². The zero-order valence-corrected chi connectivity index (χ0v) is 14.5. The summed E-state index contributed by atoms with van der Waals surface area (Å²) in [6, 6.07) is 10.5. The first-order valence-corrected chi connectivity index (χ1v) is 8.09. The van der Waals surface area contributed by atoms with Gasteiger partial charge >= 0.3 is 5.97 Å². The van der Waals surface area contributed by atoms with Crippen molar-refractivity contribution in [1.29, 1.82) is 0 Å². The van der Waals surface area contributed by atoms with Gasteiger partial charge in [0, 0.05) is 11.8 Å². The van der Waals surface area contributed by atoms with Crippen molar-refractivity contribution < 1.29 is 19.1 Å². The Morgan fingerprint density at radius 3 is 2.72 bits per heavy atom. The standard InChI is InChI=1S/C19H16ClNO4/c1-3-25-19(23)18-14-6-4-5-9-21(14)15(11-22)17(18)12-7-8-16(24-2)13(20)10-12/h4-11H,3H2,1-2H3. The molecule has 0 atom stereocenters. The number of halogens is 1. The molecule has 2 heterocycles. The van der Waals surface area contributed by atoms with Gasteiger partial charge in [0.15, 0.2) is 6.29 Å². The lowest BCUT2D eigenvalue weighted by atomic mass is 10.0. The summed E-state index contributed by atoms with van der Waals surface area (Å²) in [5.41, 5.74) is 2.43. The third kappa shape index (κ3) is 2.87. The van der Waals surface area contributed by atoms with Crippen LogP contribution in [0.1, 0.15) is 27.8 Å². The Morgan fingerprint density at radius 2 is 2.08 bits per heavy atom. The Kier molecular flexibility index (Phi) is 4.76. The van der Waals surface area contributed by atoms with E-state index in [1.807, 2.05) is 0 Å². The average Bonchev–Trinajstić information content (AvgIpc) is 2.96. The molecule has 3 aromatic rings. The molecule has 0 saturated carbocycles. The van der Waals surface area contributed by atoms with Crippen LogP contribution in [0.25, 0.3) is 16.6 Å². The van der Waals surface area contributed by atoms with Gasteiger partial charge in [0.2, 0.25) is 0 Å². The quantitative estimate of drug-likeness (QED) is 0.505. The molecular weight excluding hydrogens is 342 g/mol. The number of pyridine rings is 1. The van der Waals surface area contributed by atoms with E-state index in [-0.39, 0.29) is 6.61 Å². The van der Waals surface area contributed by atoms with Crippen molar-refractivity contribution in [2.45, 2.75) is 6.92 Å². The van der Waals surface area contributed by atoms with Gasteiger partial charge in [0.1, 0.15) is 5.75 Å². The van der Waals surface area contributed by atoms with Gasteiger partial charge in [-0.2, -0.15) is 0 Å². The summed E-state index contributed by atoms with van der Waals surface area (Å²) >= 11 is 6.23. The Morgan fingerprint density at radius 1 is 1.28 bits per heavy atom. The van der Waals surface area contributed by atoms with E-state index in [2.05, 4.69) is 0 Å². The number of fused-ring (bicyclic) bond motifs is 1. The lowest BCUT2D eigenvalue weighted by Gasteiger charge is -2.08. The first-order valence-electron chi connectivity index (χ1n) is 7.71. The number of aromatic nitrogens is 1. The van der Waals surface area contributed by atoms with E-state index in [0.717, 1.165) is 6.29 Å². The molecule has 0 bridgehead atoms. The molecule has 0 aliphatic rings. The fourth-order valence-electron chi connectivity index (χ4n) is 2.87. The predicted molar refractivity (Wildman–Crippen MR) is 95.7 cm³/mol. The largest absolute Gasteiger partial charge is 0.495 e. The van der Waals surface area contributed by atoms with Crippen molar-refractivity contribution in [3.05, 3.63) is 58.9 Å². The van der Waals surface area contributed by atoms with E-state index >= 15 is 0 Å². The normalized spacial score (nSPS) is 10.7. The zero-order valence-electron chi connectivity index (χ0n) is 13.8. The molecule has 0 unspecified atom stereocenters. The van der Waals surface area contributed by atoms with Crippen molar-refractivity contribution in [3.8, 4) is 16.9 Å². The molecule has 0 radical (unpaired) electrons. The SMILES string of the molecule is CCOC(=O)c1c(-c2ccc(OC)c(Cl)c2)c(C=O)n2ccccc12. The summed E-state index contributed by atoms with van der Waals surface area (Å²) in [5.74, 6) is 0.0285. The highest BCUT2D eigenvalue weighted by atomic mass is 35.5. The lowest BCUT2D eigenvalue weighted by Crippen LogP contribution is -2.05. The van der Waals surface area contributed by atoms with E-state index in [4.69, 9.17) is 21.1 Å². The number of carbonyl (C=O) groups excluding carboxylic acids is 2. The van der Waals surface area contributed by atoms with Crippen LogP contribution in [0.15, 0.2) is 42.6 Å². The van der Waals surface area contributed by atoms with Crippen molar-refractivity contribution in [1.82, 2.24) is 4.40 Å². The summed E-state index contributed by atoms with van der Waals surface area (Å²) in [6.07, 6.45) is 2.46. The second-order valence-electron chi connectivity index (χ2n) is 5.28. The molecule has 0 aliphatic heterocycles. The first kappa shape index (κ1) is 17.0. The van der Waals surface area contributed by atoms with Gasteiger partial charge in [0.05, 0.1) is 35.5 Å². The van der Waals surface area contributed by atoms with Gasteiger partial charge < -0.3 is 13.9 Å². The van der Waals surface area contributed by atoms with Crippen LogP contribution in [-0.4, -0.2) is 30.4 Å². The van der Waals surface area contributed by atoms with Crippen LogP contribution in [-0.2, 0) is 4.74 Å². The maximum absolute atomic E-state index is 12.6. The number of aldehydes is 1. The molecule has 0 spiro atoms. The second kappa shape index (κ2) is 6.99. The smallest absolute Gasteiger partial charge is 0.340 e. The molecule has 0 amide bonds. The zero-order chi connectivity index (χ0) is 18.0. The summed E-state index contributed by atoms with van der Waals surface area (Å²) in [4.78, 5) is 24.4. The van der Waals surface area contributed by atoms with E-state index < -0.39 is 5.97 Å². The van der Waals surface area contributed by atoms with Gasteiger partial charge in [-0.25, -0.2) is 4.79 Å². The number of esters is 1. The summed E-state index contributed by atoms with van der Waals surface area (Å²) < 4.78 is 12.0. The van der Waals surface area contributed by atoms with Crippen LogP contribution >= 0.6 is 11.6 Å². The van der Waals surface area contributed by atoms with Crippen molar-refractivity contribution >= 4 is 29.4 Å². The van der Waals surface area contributed by atoms with Crippen LogP contribution in [0, 0.1) is 0 Å². The Bertz CT molecular complexity index is 961. The number of methoxy groups -OCH3 is 1. The maximum Gasteiger partial charge on any atom is 0.340 e. The van der Waals surface area contributed by atoms with E-state index in [1.165, 1.54) is 7.11 Å². The van der Waals surface area contributed by atoms with E-state index in [1.54, 1.807) is 53.9 Å². The number of ether oxygens (including phenoxy) is 2. The molecule has 0 fully saturated rings. The molecule has 25 heavy (non-hydrogen) atoms. The number of rotatable bonds is 5. The van der Waals surface area contributed by atoms with Crippen LogP contribution in [0.2, 0.25) is 5.02 Å². The van der Waals surface area contributed by atoms with Crippen LogP contribution in [0.3, 0.4) is 0 Å². The molecule has 6 heteroatoms. The van der Waals surface area contributed by atoms with E-state index in [0.29, 0.717) is 38.7 Å². The molecule has 1 aromatic carbocycles. The predicted octanol–water partition coefficient (Wildman–Crippen LogP) is 4.26. The minimum absolute atomic E-state index is 0.238. The topological polar surface area (TPSA) is 57.0 Å². The Balaban J connectivity index is 2.36. The van der Waals surface area contributed by atoms with Crippen molar-refractivity contribution in [2.24, 2.45) is 0 Å². The third-order valence-electron chi connectivity index (χ3n) is 3.91. The van der Waals surface area contributed by atoms with Crippen molar-refractivity contribution in [2.75, 3.05) is 13.7 Å². The summed E-state index contributed by atoms with van der Waals surface area (Å²) in [6.45, 7) is 1.98. The molecule has 0 saturated heterocycles. The fourth-order valence-corrected chi connectivity index (χ4v) is 3.13. The van der Waals surface area contributed by atoms with Gasteiger partial charge in [-0.15, -0.1) is 0 Å². The van der Waals surface area contributed by atoms with Crippen LogP contribution in [0.4, 0.5) is 0 Å². The molecule has 0 aliphatic carbocycles. The Labute approximate surface area is 149 Å². The van der Waals surface area contributed by atoms with Crippen molar-refractivity contribution in [3.63, 3.8) is 0 Å². The number of benzene rings is 1. The highest BCUT2D eigenvalue weighted by molar-refractivity contribution is 6.32. The first-order chi connectivity index (χ1) is 12.1. The molecule has 128 valence electrons. The fraction of sp³-hybridized carbons (Fsp3) is 0.158. The third-order valence-corrected chi connectivity index (χ3v) is 4.21. The molecule has 2 aromatic heterocycles.